The normalized spacial score (nSPS) is 22.1. The number of benzene rings is 2. The van der Waals surface area contributed by atoms with Crippen LogP contribution in [0.1, 0.15) is 12.0 Å². The zero-order valence-corrected chi connectivity index (χ0v) is 18.5. The van der Waals surface area contributed by atoms with Gasteiger partial charge in [0.1, 0.15) is 6.10 Å². The van der Waals surface area contributed by atoms with Crippen LogP contribution in [0.4, 0.5) is 0 Å². The molecule has 0 saturated carbocycles. The zero-order valence-electron chi connectivity index (χ0n) is 17.7. The van der Waals surface area contributed by atoms with E-state index in [2.05, 4.69) is 15.0 Å². The standard InChI is InChI=1S/C25H22ClN3O4/c26-18-11-19-24(29-25(27-19)33-21-13-32-20-9-10-31-23(20)21)28-22(18)17-7-5-16(6-8-17)15-3-1-14(12-30)2-4-15/h1-8,11,20-21,23,30H,9-10,12-13H2,(H,27,28,29)/t20-,21?,23+/m1/s1. The third kappa shape index (κ3) is 3.87. The van der Waals surface area contributed by atoms with Crippen LogP contribution in [0.15, 0.2) is 54.6 Å². The summed E-state index contributed by atoms with van der Waals surface area (Å²) in [5, 5.41) is 9.75. The number of pyridine rings is 1. The van der Waals surface area contributed by atoms with Gasteiger partial charge in [-0.05, 0) is 29.2 Å². The van der Waals surface area contributed by atoms with Crippen molar-refractivity contribution in [1.82, 2.24) is 15.0 Å². The summed E-state index contributed by atoms with van der Waals surface area (Å²) in [7, 11) is 0. The van der Waals surface area contributed by atoms with Crippen molar-refractivity contribution >= 4 is 22.8 Å². The summed E-state index contributed by atoms with van der Waals surface area (Å²) in [5.74, 6) is 0. The number of aromatic nitrogens is 3. The first-order chi connectivity index (χ1) is 16.2. The number of H-pyrrole nitrogens is 1. The lowest BCUT2D eigenvalue weighted by Gasteiger charge is -2.15. The highest BCUT2D eigenvalue weighted by Crippen LogP contribution is 2.33. The highest BCUT2D eigenvalue weighted by Gasteiger charge is 2.43. The third-order valence-corrected chi connectivity index (χ3v) is 6.50. The topological polar surface area (TPSA) is 89.5 Å². The Morgan fingerprint density at radius 2 is 1.73 bits per heavy atom. The molecule has 2 aromatic carbocycles. The van der Waals surface area contributed by atoms with E-state index in [1.165, 1.54) is 0 Å². The molecule has 2 N–H and O–H groups in total. The van der Waals surface area contributed by atoms with Crippen LogP contribution in [0.25, 0.3) is 33.5 Å². The van der Waals surface area contributed by atoms with Gasteiger partial charge in [0, 0.05) is 12.2 Å². The van der Waals surface area contributed by atoms with Crippen LogP contribution in [0.2, 0.25) is 5.02 Å². The number of nitrogens with zero attached hydrogens (tertiary/aromatic N) is 2. The van der Waals surface area contributed by atoms with E-state index in [4.69, 9.17) is 25.8 Å². The highest BCUT2D eigenvalue weighted by atomic mass is 35.5. The largest absolute Gasteiger partial charge is 0.456 e. The fourth-order valence-electron chi connectivity index (χ4n) is 4.45. The van der Waals surface area contributed by atoms with Gasteiger partial charge in [-0.25, -0.2) is 4.98 Å². The Bertz CT molecular complexity index is 1290. The molecule has 0 bridgehead atoms. The van der Waals surface area contributed by atoms with Crippen molar-refractivity contribution in [3.63, 3.8) is 0 Å². The minimum atomic E-state index is -0.188. The SMILES string of the molecule is OCc1ccc(-c2ccc(-c3nc4nc(OC5CO[C@@H]6CCO[C@H]56)[nH]c4cc3Cl)cc2)cc1. The molecule has 0 radical (unpaired) electrons. The van der Waals surface area contributed by atoms with Crippen LogP contribution in [0.3, 0.4) is 0 Å². The van der Waals surface area contributed by atoms with Crippen LogP contribution < -0.4 is 4.74 Å². The van der Waals surface area contributed by atoms with Gasteiger partial charge in [-0.1, -0.05) is 60.1 Å². The molecule has 2 aliphatic heterocycles. The maximum Gasteiger partial charge on any atom is 0.296 e. The third-order valence-electron chi connectivity index (χ3n) is 6.22. The molecule has 8 heteroatoms. The number of rotatable bonds is 5. The fourth-order valence-corrected chi connectivity index (χ4v) is 4.71. The van der Waals surface area contributed by atoms with E-state index in [9.17, 15) is 5.11 Å². The smallest absolute Gasteiger partial charge is 0.296 e. The molecule has 0 aliphatic carbocycles. The summed E-state index contributed by atoms with van der Waals surface area (Å²) in [4.78, 5) is 12.4. The maximum atomic E-state index is 9.23. The number of aromatic amines is 1. The van der Waals surface area contributed by atoms with Crippen molar-refractivity contribution in [3.8, 4) is 28.4 Å². The van der Waals surface area contributed by atoms with E-state index >= 15 is 0 Å². The van der Waals surface area contributed by atoms with Crippen LogP contribution in [-0.4, -0.2) is 51.6 Å². The molecule has 1 unspecified atom stereocenters. The van der Waals surface area contributed by atoms with Crippen molar-refractivity contribution in [3.05, 3.63) is 65.2 Å². The highest BCUT2D eigenvalue weighted by molar-refractivity contribution is 6.33. The number of aliphatic hydroxyl groups excluding tert-OH is 1. The number of ether oxygens (including phenoxy) is 3. The molecule has 7 nitrogen and oxygen atoms in total. The Balaban J connectivity index is 1.25. The molecule has 6 rings (SSSR count). The first-order valence-electron chi connectivity index (χ1n) is 10.9. The molecule has 2 aromatic heterocycles. The lowest BCUT2D eigenvalue weighted by Crippen LogP contribution is -2.32. The van der Waals surface area contributed by atoms with E-state index in [-0.39, 0.29) is 24.9 Å². The number of fused-ring (bicyclic) bond motifs is 2. The number of aliphatic hydroxyl groups is 1. The number of imidazole rings is 1. The molecule has 2 saturated heterocycles. The van der Waals surface area contributed by atoms with Crippen molar-refractivity contribution in [2.24, 2.45) is 0 Å². The molecule has 3 atom stereocenters. The molecular formula is C25H22ClN3O4. The fraction of sp³-hybridized carbons (Fsp3) is 0.280. The molecule has 33 heavy (non-hydrogen) atoms. The van der Waals surface area contributed by atoms with Gasteiger partial charge >= 0.3 is 0 Å². The van der Waals surface area contributed by atoms with Crippen molar-refractivity contribution < 1.29 is 19.3 Å². The predicted molar refractivity (Wildman–Crippen MR) is 124 cm³/mol. The second-order valence-electron chi connectivity index (χ2n) is 8.32. The second kappa shape index (κ2) is 8.43. The Labute approximate surface area is 195 Å². The zero-order chi connectivity index (χ0) is 22.4. The first-order valence-corrected chi connectivity index (χ1v) is 11.3. The van der Waals surface area contributed by atoms with Crippen LogP contribution in [0, 0.1) is 0 Å². The summed E-state index contributed by atoms with van der Waals surface area (Å²) < 4.78 is 17.5. The van der Waals surface area contributed by atoms with Crippen molar-refractivity contribution in [2.75, 3.05) is 13.2 Å². The van der Waals surface area contributed by atoms with Gasteiger partial charge in [0.15, 0.2) is 11.8 Å². The number of hydrogen-bond donors (Lipinski definition) is 2. The van der Waals surface area contributed by atoms with Gasteiger partial charge in [-0.15, -0.1) is 0 Å². The Morgan fingerprint density at radius 1 is 1.00 bits per heavy atom. The predicted octanol–water partition coefficient (Wildman–Crippen LogP) is 4.37. The van der Waals surface area contributed by atoms with Gasteiger partial charge < -0.3 is 24.3 Å². The molecule has 2 aliphatic rings. The van der Waals surface area contributed by atoms with Crippen LogP contribution in [-0.2, 0) is 16.1 Å². The molecule has 0 amide bonds. The number of nitrogens with one attached hydrogen (secondary N) is 1. The Morgan fingerprint density at radius 3 is 2.48 bits per heavy atom. The Kier molecular flexibility index (Phi) is 5.27. The first kappa shape index (κ1) is 20.6. The van der Waals surface area contributed by atoms with Crippen LogP contribution in [0.5, 0.6) is 6.01 Å². The molecule has 168 valence electrons. The maximum absolute atomic E-state index is 9.23. The van der Waals surface area contributed by atoms with Gasteiger partial charge in [-0.2, -0.15) is 4.98 Å². The average molecular weight is 464 g/mol. The molecular weight excluding hydrogens is 442 g/mol. The quantitative estimate of drug-likeness (QED) is 0.456. The van der Waals surface area contributed by atoms with Gasteiger partial charge in [0.2, 0.25) is 0 Å². The van der Waals surface area contributed by atoms with Gasteiger partial charge in [0.05, 0.1) is 35.6 Å². The summed E-state index contributed by atoms with van der Waals surface area (Å²) in [6.45, 7) is 1.22. The monoisotopic (exact) mass is 463 g/mol. The number of hydrogen-bond acceptors (Lipinski definition) is 6. The summed E-state index contributed by atoms with van der Waals surface area (Å²) in [6, 6.07) is 18.1. The lowest BCUT2D eigenvalue weighted by atomic mass is 10.0. The summed E-state index contributed by atoms with van der Waals surface area (Å²) >= 11 is 6.57. The molecule has 2 fully saturated rings. The molecule has 4 heterocycles. The minimum Gasteiger partial charge on any atom is -0.456 e. The van der Waals surface area contributed by atoms with Gasteiger partial charge in [-0.3, -0.25) is 0 Å². The molecule has 4 aromatic rings. The van der Waals surface area contributed by atoms with E-state index in [1.54, 1.807) is 0 Å². The number of halogens is 1. The van der Waals surface area contributed by atoms with E-state index in [0.717, 1.165) is 28.7 Å². The average Bonchev–Trinajstić information content (AvgIpc) is 3.56. The molecule has 0 spiro atoms. The second-order valence-corrected chi connectivity index (χ2v) is 8.72. The lowest BCUT2D eigenvalue weighted by molar-refractivity contribution is 0.0273. The van der Waals surface area contributed by atoms with E-state index in [0.29, 0.717) is 41.1 Å². The van der Waals surface area contributed by atoms with Crippen molar-refractivity contribution in [1.29, 1.82) is 0 Å². The van der Waals surface area contributed by atoms with Crippen molar-refractivity contribution in [2.45, 2.75) is 31.3 Å². The summed E-state index contributed by atoms with van der Waals surface area (Å²) in [6.07, 6.45) is 0.766. The van der Waals surface area contributed by atoms with Crippen LogP contribution >= 0.6 is 11.6 Å². The van der Waals surface area contributed by atoms with E-state index in [1.807, 2.05) is 54.6 Å². The Hall–Kier alpha value is -2.97. The summed E-state index contributed by atoms with van der Waals surface area (Å²) in [5.41, 5.74) is 5.84. The minimum absolute atomic E-state index is 0.0368. The van der Waals surface area contributed by atoms with Gasteiger partial charge in [0.25, 0.3) is 6.01 Å². The van der Waals surface area contributed by atoms with E-state index < -0.39 is 0 Å².